The molecule has 0 heterocycles. The minimum absolute atomic E-state index is 0.163. The Kier molecular flexibility index (Phi) is 7.51. The van der Waals surface area contributed by atoms with Gasteiger partial charge in [-0.05, 0) is 69.9 Å². The van der Waals surface area contributed by atoms with Gasteiger partial charge in [-0.1, -0.05) is 6.92 Å². The van der Waals surface area contributed by atoms with Crippen molar-refractivity contribution in [2.75, 3.05) is 20.3 Å². The molecule has 0 bridgehead atoms. The number of hydrogen-bond donors (Lipinski definition) is 1. The standard InChI is InChI=1S/C15H23Br2NO2/c1-5-18-10-11-8-12(16)14(13(17)9-11)20-7-6-15(2,3)19-4/h8-9,18H,5-7,10H2,1-4H3. The summed E-state index contributed by atoms with van der Waals surface area (Å²) >= 11 is 7.15. The monoisotopic (exact) mass is 407 g/mol. The quantitative estimate of drug-likeness (QED) is 0.686. The number of benzene rings is 1. The van der Waals surface area contributed by atoms with Gasteiger partial charge in [-0.3, -0.25) is 0 Å². The minimum Gasteiger partial charge on any atom is -0.491 e. The molecule has 0 saturated heterocycles. The number of ether oxygens (including phenoxy) is 2. The fourth-order valence-electron chi connectivity index (χ4n) is 1.62. The minimum atomic E-state index is -0.163. The van der Waals surface area contributed by atoms with Crippen molar-refractivity contribution < 1.29 is 9.47 Å². The van der Waals surface area contributed by atoms with Crippen molar-refractivity contribution in [2.45, 2.75) is 39.3 Å². The summed E-state index contributed by atoms with van der Waals surface area (Å²) < 4.78 is 13.2. The molecule has 0 aliphatic carbocycles. The van der Waals surface area contributed by atoms with Gasteiger partial charge in [-0.25, -0.2) is 0 Å². The van der Waals surface area contributed by atoms with Crippen LogP contribution in [0.4, 0.5) is 0 Å². The molecule has 1 rings (SSSR count). The van der Waals surface area contributed by atoms with Crippen LogP contribution in [0.15, 0.2) is 21.1 Å². The van der Waals surface area contributed by atoms with E-state index in [-0.39, 0.29) is 5.60 Å². The number of methoxy groups -OCH3 is 1. The zero-order chi connectivity index (χ0) is 15.2. The summed E-state index contributed by atoms with van der Waals surface area (Å²) in [5.74, 6) is 0.845. The van der Waals surface area contributed by atoms with Crippen LogP contribution in [0.2, 0.25) is 0 Å². The Labute approximate surface area is 138 Å². The number of halogens is 2. The van der Waals surface area contributed by atoms with E-state index >= 15 is 0 Å². The maximum atomic E-state index is 5.87. The van der Waals surface area contributed by atoms with Crippen LogP contribution in [-0.4, -0.2) is 25.9 Å². The fourth-order valence-corrected chi connectivity index (χ4v) is 3.13. The largest absolute Gasteiger partial charge is 0.491 e. The fraction of sp³-hybridized carbons (Fsp3) is 0.600. The summed E-state index contributed by atoms with van der Waals surface area (Å²) in [5, 5.41) is 3.31. The zero-order valence-corrected chi connectivity index (χ0v) is 15.7. The van der Waals surface area contributed by atoms with E-state index in [2.05, 4.69) is 70.1 Å². The molecule has 0 fully saturated rings. The summed E-state index contributed by atoms with van der Waals surface area (Å²) in [5.41, 5.74) is 1.05. The molecule has 0 saturated carbocycles. The number of nitrogens with one attached hydrogen (secondary N) is 1. The van der Waals surface area contributed by atoms with Gasteiger partial charge in [-0.15, -0.1) is 0 Å². The molecule has 5 heteroatoms. The molecule has 0 aromatic heterocycles. The Morgan fingerprint density at radius 1 is 1.20 bits per heavy atom. The first-order valence-electron chi connectivity index (χ1n) is 6.76. The van der Waals surface area contributed by atoms with E-state index in [0.717, 1.165) is 34.2 Å². The van der Waals surface area contributed by atoms with E-state index in [9.17, 15) is 0 Å². The van der Waals surface area contributed by atoms with Crippen LogP contribution in [0.25, 0.3) is 0 Å². The molecule has 0 aliphatic heterocycles. The van der Waals surface area contributed by atoms with Crippen molar-refractivity contribution in [2.24, 2.45) is 0 Å². The maximum absolute atomic E-state index is 5.87. The second-order valence-corrected chi connectivity index (χ2v) is 6.94. The third kappa shape index (κ3) is 5.72. The third-order valence-corrected chi connectivity index (χ3v) is 4.32. The lowest BCUT2D eigenvalue weighted by molar-refractivity contribution is 0.00533. The smallest absolute Gasteiger partial charge is 0.147 e. The highest BCUT2D eigenvalue weighted by molar-refractivity contribution is 9.11. The number of rotatable bonds is 8. The third-order valence-electron chi connectivity index (χ3n) is 3.14. The molecule has 0 atom stereocenters. The van der Waals surface area contributed by atoms with Crippen molar-refractivity contribution >= 4 is 31.9 Å². The Bertz CT molecular complexity index is 413. The van der Waals surface area contributed by atoms with E-state index in [1.54, 1.807) is 7.11 Å². The highest BCUT2D eigenvalue weighted by atomic mass is 79.9. The van der Waals surface area contributed by atoms with Gasteiger partial charge in [0.15, 0.2) is 0 Å². The second-order valence-electron chi connectivity index (χ2n) is 5.23. The van der Waals surface area contributed by atoms with Crippen LogP contribution in [0.5, 0.6) is 5.75 Å². The molecule has 0 unspecified atom stereocenters. The van der Waals surface area contributed by atoms with Gasteiger partial charge in [0.05, 0.1) is 21.2 Å². The lowest BCUT2D eigenvalue weighted by Crippen LogP contribution is -2.25. The van der Waals surface area contributed by atoms with E-state index in [1.807, 2.05) is 0 Å². The van der Waals surface area contributed by atoms with E-state index in [0.29, 0.717) is 6.61 Å². The summed E-state index contributed by atoms with van der Waals surface area (Å²) in [6.07, 6.45) is 0.835. The van der Waals surface area contributed by atoms with Gasteiger partial charge < -0.3 is 14.8 Å². The Morgan fingerprint density at radius 3 is 2.30 bits per heavy atom. The van der Waals surface area contributed by atoms with Crippen molar-refractivity contribution in [3.8, 4) is 5.75 Å². The maximum Gasteiger partial charge on any atom is 0.147 e. The van der Waals surface area contributed by atoms with Crippen LogP contribution >= 0.6 is 31.9 Å². The summed E-state index contributed by atoms with van der Waals surface area (Å²) in [6.45, 7) is 8.63. The molecule has 0 spiro atoms. The first-order valence-corrected chi connectivity index (χ1v) is 8.35. The normalized spacial score (nSPS) is 11.7. The van der Waals surface area contributed by atoms with Crippen molar-refractivity contribution in [3.63, 3.8) is 0 Å². The van der Waals surface area contributed by atoms with E-state index < -0.39 is 0 Å². The average molecular weight is 409 g/mol. The van der Waals surface area contributed by atoms with Gasteiger partial charge in [0.25, 0.3) is 0 Å². The lowest BCUT2D eigenvalue weighted by atomic mass is 10.1. The predicted octanol–water partition coefficient (Wildman–Crippen LogP) is 4.52. The molecule has 1 aromatic rings. The molecular weight excluding hydrogens is 386 g/mol. The molecule has 114 valence electrons. The molecule has 20 heavy (non-hydrogen) atoms. The summed E-state index contributed by atoms with van der Waals surface area (Å²) in [6, 6.07) is 4.18. The van der Waals surface area contributed by atoms with Crippen LogP contribution in [0, 0.1) is 0 Å². The van der Waals surface area contributed by atoms with E-state index in [1.165, 1.54) is 5.56 Å². The van der Waals surface area contributed by atoms with Gasteiger partial charge in [-0.2, -0.15) is 0 Å². The van der Waals surface area contributed by atoms with Crippen LogP contribution < -0.4 is 10.1 Å². The molecule has 1 aromatic carbocycles. The molecule has 3 nitrogen and oxygen atoms in total. The molecular formula is C15H23Br2NO2. The van der Waals surface area contributed by atoms with Crippen molar-refractivity contribution in [1.82, 2.24) is 5.32 Å². The summed E-state index contributed by atoms with van der Waals surface area (Å²) in [4.78, 5) is 0. The highest BCUT2D eigenvalue weighted by Crippen LogP contribution is 2.35. The van der Waals surface area contributed by atoms with Crippen LogP contribution in [0.3, 0.4) is 0 Å². The Hall–Kier alpha value is -0.100. The van der Waals surface area contributed by atoms with E-state index in [4.69, 9.17) is 9.47 Å². The second kappa shape index (κ2) is 8.37. The van der Waals surface area contributed by atoms with Crippen molar-refractivity contribution in [1.29, 1.82) is 0 Å². The van der Waals surface area contributed by atoms with Gasteiger partial charge >= 0.3 is 0 Å². The van der Waals surface area contributed by atoms with Crippen LogP contribution in [-0.2, 0) is 11.3 Å². The first-order chi connectivity index (χ1) is 9.39. The van der Waals surface area contributed by atoms with Crippen molar-refractivity contribution in [3.05, 3.63) is 26.6 Å². The average Bonchev–Trinajstić information content (AvgIpc) is 2.39. The van der Waals surface area contributed by atoms with Gasteiger partial charge in [0.2, 0.25) is 0 Å². The number of hydrogen-bond acceptors (Lipinski definition) is 3. The SMILES string of the molecule is CCNCc1cc(Br)c(OCCC(C)(C)OC)c(Br)c1. The van der Waals surface area contributed by atoms with Crippen LogP contribution in [0.1, 0.15) is 32.8 Å². The molecule has 0 aliphatic rings. The Balaban J connectivity index is 2.67. The first kappa shape index (κ1) is 18.0. The van der Waals surface area contributed by atoms with Gasteiger partial charge in [0.1, 0.15) is 5.75 Å². The summed E-state index contributed by atoms with van der Waals surface area (Å²) in [7, 11) is 1.72. The molecule has 1 N–H and O–H groups in total. The lowest BCUT2D eigenvalue weighted by Gasteiger charge is -2.23. The topological polar surface area (TPSA) is 30.5 Å². The molecule has 0 amide bonds. The highest BCUT2D eigenvalue weighted by Gasteiger charge is 2.17. The van der Waals surface area contributed by atoms with Gasteiger partial charge in [0, 0.05) is 20.1 Å². The zero-order valence-electron chi connectivity index (χ0n) is 12.6. The Morgan fingerprint density at radius 2 is 1.80 bits per heavy atom. The predicted molar refractivity (Wildman–Crippen MR) is 90.4 cm³/mol. The molecule has 0 radical (unpaired) electrons.